The monoisotopic (exact) mass is 377 g/mol. The van der Waals surface area contributed by atoms with E-state index in [9.17, 15) is 0 Å². The zero-order valence-corrected chi connectivity index (χ0v) is 14.1. The van der Waals surface area contributed by atoms with Gasteiger partial charge in [-0.05, 0) is 64.5 Å². The molecule has 0 saturated carbocycles. The van der Waals surface area contributed by atoms with Crippen LogP contribution in [0.3, 0.4) is 0 Å². The Morgan fingerprint density at radius 3 is 1.79 bits per heavy atom. The van der Waals surface area contributed by atoms with Crippen LogP contribution in [0.1, 0.15) is 0 Å². The molecule has 24 heavy (non-hydrogen) atoms. The predicted molar refractivity (Wildman–Crippen MR) is 96.1 cm³/mol. The highest BCUT2D eigenvalue weighted by Crippen LogP contribution is 2.30. The van der Waals surface area contributed by atoms with Gasteiger partial charge in [-0.3, -0.25) is 9.97 Å². The normalized spacial score (nSPS) is 10.7. The summed E-state index contributed by atoms with van der Waals surface area (Å²) in [5.74, 6) is 0.763. The molecule has 0 aliphatic rings. The van der Waals surface area contributed by atoms with E-state index in [-0.39, 0.29) is 0 Å². The highest BCUT2D eigenvalue weighted by molar-refractivity contribution is 9.10. The van der Waals surface area contributed by atoms with Gasteiger partial charge in [0.2, 0.25) is 0 Å². The quantitative estimate of drug-likeness (QED) is 0.490. The first-order valence-corrected chi connectivity index (χ1v) is 8.19. The summed E-state index contributed by atoms with van der Waals surface area (Å²) in [6, 6.07) is 19.3. The van der Waals surface area contributed by atoms with Crippen molar-refractivity contribution in [3.8, 4) is 34.1 Å². The van der Waals surface area contributed by atoms with Crippen molar-refractivity contribution in [2.24, 2.45) is 0 Å². The second-order valence-corrected chi connectivity index (χ2v) is 5.94. The number of pyridine rings is 3. The molecule has 4 nitrogen and oxygen atoms in total. The molecule has 4 aromatic heterocycles. The van der Waals surface area contributed by atoms with Crippen molar-refractivity contribution in [2.75, 3.05) is 0 Å². The maximum Gasteiger partial charge on any atom is 0.169 e. The molecule has 4 heterocycles. The lowest BCUT2D eigenvalue weighted by atomic mass is 10.1. The van der Waals surface area contributed by atoms with Crippen molar-refractivity contribution >= 4 is 15.9 Å². The molecule has 4 rings (SSSR count). The van der Waals surface area contributed by atoms with Crippen LogP contribution in [0.5, 0.6) is 0 Å². The Kier molecular flexibility index (Phi) is 3.92. The highest BCUT2D eigenvalue weighted by Gasteiger charge is 2.12. The third kappa shape index (κ3) is 2.98. The first kappa shape index (κ1) is 14.8. The van der Waals surface area contributed by atoms with Crippen molar-refractivity contribution in [2.45, 2.75) is 0 Å². The maximum absolute atomic E-state index is 5.70. The van der Waals surface area contributed by atoms with E-state index in [0.717, 1.165) is 34.1 Å². The van der Waals surface area contributed by atoms with E-state index in [1.54, 1.807) is 12.4 Å². The Balaban J connectivity index is 1.91. The number of aromatic nitrogens is 3. The third-order valence-corrected chi connectivity index (χ3v) is 3.96. The van der Waals surface area contributed by atoms with Crippen molar-refractivity contribution < 1.29 is 4.42 Å². The first-order valence-electron chi connectivity index (χ1n) is 7.40. The molecule has 0 radical (unpaired) electrons. The van der Waals surface area contributed by atoms with Crippen molar-refractivity contribution in [1.82, 2.24) is 15.0 Å². The topological polar surface area (TPSA) is 51.8 Å². The van der Waals surface area contributed by atoms with Crippen LogP contribution < -0.4 is 0 Å². The van der Waals surface area contributed by atoms with E-state index in [2.05, 4.69) is 25.9 Å². The van der Waals surface area contributed by atoms with Gasteiger partial charge >= 0.3 is 0 Å². The number of rotatable bonds is 3. The Morgan fingerprint density at radius 2 is 1.33 bits per heavy atom. The standard InChI is InChI=1S/C19H12BrN3O/c20-19-8-7-18(24-19)13-11-16(14-5-1-3-9-21-14)23-17(12-13)15-6-2-4-10-22-15/h1-12H. The van der Waals surface area contributed by atoms with Gasteiger partial charge in [0.25, 0.3) is 0 Å². The second kappa shape index (κ2) is 6.37. The molecule has 4 aromatic rings. The maximum atomic E-state index is 5.70. The summed E-state index contributed by atoms with van der Waals surface area (Å²) in [6.45, 7) is 0. The minimum absolute atomic E-state index is 0.688. The zero-order valence-electron chi connectivity index (χ0n) is 12.6. The van der Waals surface area contributed by atoms with Crippen molar-refractivity contribution in [3.63, 3.8) is 0 Å². The molecule has 0 spiro atoms. The van der Waals surface area contributed by atoms with Gasteiger partial charge in [0, 0.05) is 18.0 Å². The van der Waals surface area contributed by atoms with Crippen LogP contribution in [0.2, 0.25) is 0 Å². The number of hydrogen-bond donors (Lipinski definition) is 0. The molecule has 0 atom stereocenters. The van der Waals surface area contributed by atoms with E-state index < -0.39 is 0 Å². The van der Waals surface area contributed by atoms with E-state index >= 15 is 0 Å². The van der Waals surface area contributed by atoms with Gasteiger partial charge in [0.05, 0.1) is 22.8 Å². The average Bonchev–Trinajstić information content (AvgIpc) is 3.09. The largest absolute Gasteiger partial charge is 0.449 e. The summed E-state index contributed by atoms with van der Waals surface area (Å²) in [5.41, 5.74) is 4.10. The fraction of sp³-hybridized carbons (Fsp3) is 0. The molecule has 0 aromatic carbocycles. The summed E-state index contributed by atoms with van der Waals surface area (Å²) >= 11 is 3.35. The molecule has 116 valence electrons. The molecule has 0 amide bonds. The third-order valence-electron chi connectivity index (χ3n) is 3.54. The molecule has 0 fully saturated rings. The van der Waals surface area contributed by atoms with Gasteiger partial charge < -0.3 is 4.42 Å². The van der Waals surface area contributed by atoms with Crippen LogP contribution in [0.4, 0.5) is 0 Å². The molecule has 0 aliphatic carbocycles. The van der Waals surface area contributed by atoms with Crippen LogP contribution in [0.25, 0.3) is 34.1 Å². The average molecular weight is 378 g/mol. The molecule has 0 unspecified atom stereocenters. The lowest BCUT2D eigenvalue weighted by Crippen LogP contribution is -1.93. The summed E-state index contributed by atoms with van der Waals surface area (Å²) in [7, 11) is 0. The first-order chi connectivity index (χ1) is 11.8. The highest BCUT2D eigenvalue weighted by atomic mass is 79.9. The summed E-state index contributed by atoms with van der Waals surface area (Å²) in [6.07, 6.45) is 3.52. The van der Waals surface area contributed by atoms with Crippen LogP contribution in [0, 0.1) is 0 Å². The van der Waals surface area contributed by atoms with Gasteiger partial charge in [0.1, 0.15) is 5.76 Å². The fourth-order valence-electron chi connectivity index (χ4n) is 2.43. The van der Waals surface area contributed by atoms with E-state index in [1.807, 2.05) is 60.7 Å². The molecule has 5 heteroatoms. The predicted octanol–water partition coefficient (Wildman–Crippen LogP) is 5.23. The number of halogens is 1. The smallest absolute Gasteiger partial charge is 0.169 e. The van der Waals surface area contributed by atoms with Crippen molar-refractivity contribution in [3.05, 3.63) is 77.7 Å². The molecular formula is C19H12BrN3O. The van der Waals surface area contributed by atoms with Crippen molar-refractivity contribution in [1.29, 1.82) is 0 Å². The van der Waals surface area contributed by atoms with E-state index in [1.165, 1.54) is 0 Å². The summed E-state index contributed by atoms with van der Waals surface area (Å²) in [4.78, 5) is 13.5. The minimum Gasteiger partial charge on any atom is -0.449 e. The van der Waals surface area contributed by atoms with Gasteiger partial charge in [-0.15, -0.1) is 0 Å². The zero-order chi connectivity index (χ0) is 16.4. The number of furan rings is 1. The van der Waals surface area contributed by atoms with Gasteiger partial charge in [-0.2, -0.15) is 0 Å². The summed E-state index contributed by atoms with van der Waals surface area (Å²) in [5, 5.41) is 0. The molecule has 0 N–H and O–H groups in total. The minimum atomic E-state index is 0.688. The number of nitrogens with zero attached hydrogens (tertiary/aromatic N) is 3. The lowest BCUT2D eigenvalue weighted by molar-refractivity contribution is 0.556. The Hall–Kier alpha value is -2.79. The van der Waals surface area contributed by atoms with E-state index in [4.69, 9.17) is 9.40 Å². The lowest BCUT2D eigenvalue weighted by Gasteiger charge is -2.07. The SMILES string of the molecule is Brc1ccc(-c2cc(-c3ccccn3)nc(-c3ccccn3)c2)o1. The fourth-order valence-corrected chi connectivity index (χ4v) is 2.74. The van der Waals surface area contributed by atoms with E-state index in [0.29, 0.717) is 4.67 Å². The van der Waals surface area contributed by atoms with Crippen LogP contribution in [0.15, 0.2) is 82.1 Å². The Bertz CT molecular complexity index is 911. The Labute approximate surface area is 147 Å². The van der Waals surface area contributed by atoms with Gasteiger partial charge in [0.15, 0.2) is 4.67 Å². The van der Waals surface area contributed by atoms with Crippen LogP contribution in [-0.4, -0.2) is 15.0 Å². The molecular weight excluding hydrogens is 366 g/mol. The molecule has 0 saturated heterocycles. The van der Waals surface area contributed by atoms with Crippen LogP contribution >= 0.6 is 15.9 Å². The van der Waals surface area contributed by atoms with Crippen LogP contribution in [-0.2, 0) is 0 Å². The van der Waals surface area contributed by atoms with Gasteiger partial charge in [-0.25, -0.2) is 4.98 Å². The molecule has 0 bridgehead atoms. The Morgan fingerprint density at radius 1 is 0.708 bits per heavy atom. The number of hydrogen-bond acceptors (Lipinski definition) is 4. The molecule has 0 aliphatic heterocycles. The van der Waals surface area contributed by atoms with Gasteiger partial charge in [-0.1, -0.05) is 12.1 Å². The second-order valence-electron chi connectivity index (χ2n) is 5.16. The summed E-state index contributed by atoms with van der Waals surface area (Å²) < 4.78 is 6.39.